The normalized spacial score (nSPS) is 17.6. The van der Waals surface area contributed by atoms with Crippen molar-refractivity contribution in [3.8, 4) is 0 Å². The van der Waals surface area contributed by atoms with E-state index < -0.39 is 9.84 Å². The molecule has 0 atom stereocenters. The lowest BCUT2D eigenvalue weighted by atomic mass is 9.86. The molecule has 0 heterocycles. The molecule has 0 amide bonds. The Morgan fingerprint density at radius 1 is 1.09 bits per heavy atom. The van der Waals surface area contributed by atoms with E-state index in [4.69, 9.17) is 4.74 Å². The lowest BCUT2D eigenvalue weighted by Crippen LogP contribution is -2.07. The first-order valence-electron chi connectivity index (χ1n) is 8.02. The molecule has 0 aliphatic heterocycles. The van der Waals surface area contributed by atoms with Crippen molar-refractivity contribution in [2.45, 2.75) is 43.4 Å². The summed E-state index contributed by atoms with van der Waals surface area (Å²) >= 11 is 0. The summed E-state index contributed by atoms with van der Waals surface area (Å²) in [4.78, 5) is 12.0. The van der Waals surface area contributed by atoms with E-state index >= 15 is 0 Å². The van der Waals surface area contributed by atoms with Gasteiger partial charge >= 0.3 is 5.97 Å². The number of esters is 1. The fraction of sp³-hybridized carbons (Fsp3) is 0.500. The van der Waals surface area contributed by atoms with Crippen LogP contribution in [0.3, 0.4) is 0 Å². The number of allylic oxidation sites excluding steroid dienone is 1. The molecule has 0 bridgehead atoms. The molecule has 126 valence electrons. The number of hydrogen-bond acceptors (Lipinski definition) is 4. The molecule has 5 heteroatoms. The maximum Gasteiger partial charge on any atom is 0.330 e. The van der Waals surface area contributed by atoms with Crippen molar-refractivity contribution >= 4 is 21.4 Å². The first-order valence-corrected chi connectivity index (χ1v) is 9.91. The van der Waals surface area contributed by atoms with E-state index in [0.29, 0.717) is 10.8 Å². The molecule has 1 aliphatic rings. The van der Waals surface area contributed by atoms with Crippen molar-refractivity contribution in [2.75, 3.05) is 13.4 Å². The van der Waals surface area contributed by atoms with Gasteiger partial charge in [0.15, 0.2) is 9.84 Å². The third-order valence-corrected chi connectivity index (χ3v) is 5.51. The Balaban J connectivity index is 2.36. The summed E-state index contributed by atoms with van der Waals surface area (Å²) < 4.78 is 28.0. The van der Waals surface area contributed by atoms with Crippen molar-refractivity contribution in [1.82, 2.24) is 0 Å². The minimum absolute atomic E-state index is 0.291. The molecule has 23 heavy (non-hydrogen) atoms. The topological polar surface area (TPSA) is 60.4 Å². The number of rotatable bonds is 4. The highest BCUT2D eigenvalue weighted by atomic mass is 32.2. The van der Waals surface area contributed by atoms with E-state index in [9.17, 15) is 13.2 Å². The predicted molar refractivity (Wildman–Crippen MR) is 90.7 cm³/mol. The zero-order valence-electron chi connectivity index (χ0n) is 13.7. The SMILES string of the molecule is COC(=O)/C=C(/c1ccc(S(C)(=O)=O)cc1)C1CCCCCC1. The Morgan fingerprint density at radius 3 is 2.13 bits per heavy atom. The van der Waals surface area contributed by atoms with Crippen molar-refractivity contribution in [1.29, 1.82) is 0 Å². The molecule has 1 aromatic rings. The Labute approximate surface area is 138 Å². The summed E-state index contributed by atoms with van der Waals surface area (Å²) in [5, 5.41) is 0. The second kappa shape index (κ2) is 7.77. The van der Waals surface area contributed by atoms with Gasteiger partial charge in [0.25, 0.3) is 0 Å². The highest BCUT2D eigenvalue weighted by Crippen LogP contribution is 2.34. The maximum atomic E-state index is 11.8. The standard InChI is InChI=1S/C18H24O4S/c1-22-18(19)13-17(14-7-5-3-4-6-8-14)15-9-11-16(12-10-15)23(2,20)21/h9-14H,3-8H2,1-2H3/b17-13+. The number of benzene rings is 1. The van der Waals surface area contributed by atoms with Crippen LogP contribution in [-0.2, 0) is 19.4 Å². The molecular weight excluding hydrogens is 312 g/mol. The number of carbonyl (C=O) groups is 1. The van der Waals surface area contributed by atoms with Gasteiger partial charge in [0, 0.05) is 12.3 Å². The molecular formula is C18H24O4S. The summed E-state index contributed by atoms with van der Waals surface area (Å²) in [6.07, 6.45) is 9.64. The van der Waals surface area contributed by atoms with Crippen LogP contribution in [0, 0.1) is 5.92 Å². The predicted octanol–water partition coefficient (Wildman–Crippen LogP) is 3.62. The molecule has 0 saturated heterocycles. The van der Waals surface area contributed by atoms with E-state index in [0.717, 1.165) is 36.8 Å². The minimum atomic E-state index is -3.21. The van der Waals surface area contributed by atoms with Crippen molar-refractivity contribution < 1.29 is 17.9 Å². The molecule has 0 radical (unpaired) electrons. The number of hydrogen-bond donors (Lipinski definition) is 0. The molecule has 4 nitrogen and oxygen atoms in total. The number of sulfone groups is 1. The zero-order valence-corrected chi connectivity index (χ0v) is 14.6. The number of methoxy groups -OCH3 is 1. The fourth-order valence-electron chi connectivity index (χ4n) is 3.11. The van der Waals surface area contributed by atoms with Gasteiger partial charge in [-0.3, -0.25) is 0 Å². The van der Waals surface area contributed by atoms with E-state index in [-0.39, 0.29) is 5.97 Å². The molecule has 0 spiro atoms. The molecule has 1 aliphatic carbocycles. The van der Waals surface area contributed by atoms with Crippen LogP contribution in [0.15, 0.2) is 35.2 Å². The van der Waals surface area contributed by atoms with Crippen LogP contribution in [0.2, 0.25) is 0 Å². The second-order valence-corrected chi connectivity index (χ2v) is 8.12. The molecule has 1 saturated carbocycles. The molecule has 0 N–H and O–H groups in total. The lowest BCUT2D eigenvalue weighted by molar-refractivity contribution is -0.134. The van der Waals surface area contributed by atoms with Crippen LogP contribution in [0.5, 0.6) is 0 Å². The van der Waals surface area contributed by atoms with E-state index in [1.165, 1.54) is 26.2 Å². The molecule has 2 rings (SSSR count). The van der Waals surface area contributed by atoms with E-state index in [1.54, 1.807) is 30.3 Å². The van der Waals surface area contributed by atoms with Gasteiger partial charge in [-0.15, -0.1) is 0 Å². The fourth-order valence-corrected chi connectivity index (χ4v) is 3.74. The summed E-state index contributed by atoms with van der Waals surface area (Å²) in [6, 6.07) is 6.78. The largest absolute Gasteiger partial charge is 0.466 e. The van der Waals surface area contributed by atoms with Crippen LogP contribution < -0.4 is 0 Å². The van der Waals surface area contributed by atoms with Crippen molar-refractivity contribution in [3.63, 3.8) is 0 Å². The Morgan fingerprint density at radius 2 is 1.65 bits per heavy atom. The third kappa shape index (κ3) is 4.93. The van der Waals surface area contributed by atoms with Gasteiger partial charge in [-0.05, 0) is 42.0 Å². The van der Waals surface area contributed by atoms with Gasteiger partial charge in [0.05, 0.1) is 12.0 Å². The van der Waals surface area contributed by atoms with Crippen LogP contribution >= 0.6 is 0 Å². The zero-order chi connectivity index (χ0) is 16.9. The highest BCUT2D eigenvalue weighted by molar-refractivity contribution is 7.90. The average molecular weight is 336 g/mol. The number of ether oxygens (including phenoxy) is 1. The maximum absolute atomic E-state index is 11.8. The van der Waals surface area contributed by atoms with E-state index in [1.807, 2.05) is 0 Å². The van der Waals surface area contributed by atoms with Gasteiger partial charge in [-0.2, -0.15) is 0 Å². The molecule has 0 unspecified atom stereocenters. The smallest absolute Gasteiger partial charge is 0.330 e. The third-order valence-electron chi connectivity index (χ3n) is 4.39. The minimum Gasteiger partial charge on any atom is -0.466 e. The lowest BCUT2D eigenvalue weighted by Gasteiger charge is -2.19. The first-order chi connectivity index (χ1) is 10.9. The van der Waals surface area contributed by atoms with E-state index in [2.05, 4.69) is 0 Å². The Kier molecular flexibility index (Phi) is 5.99. The summed E-state index contributed by atoms with van der Waals surface area (Å²) in [7, 11) is -1.84. The Bertz CT molecular complexity index is 663. The number of carbonyl (C=O) groups excluding carboxylic acids is 1. The van der Waals surface area contributed by atoms with Gasteiger partial charge in [-0.25, -0.2) is 13.2 Å². The summed E-state index contributed by atoms with van der Waals surface area (Å²) in [5.74, 6) is -0.0443. The van der Waals surface area contributed by atoms with Crippen LogP contribution in [0.25, 0.3) is 5.57 Å². The van der Waals surface area contributed by atoms with Gasteiger partial charge in [0.1, 0.15) is 0 Å². The first kappa shape index (κ1) is 17.7. The molecule has 1 fully saturated rings. The average Bonchev–Trinajstić information content (AvgIpc) is 2.80. The highest BCUT2D eigenvalue weighted by Gasteiger charge is 2.20. The van der Waals surface area contributed by atoms with Gasteiger partial charge < -0.3 is 4.74 Å². The van der Waals surface area contributed by atoms with Gasteiger partial charge in [-0.1, -0.05) is 37.8 Å². The summed E-state index contributed by atoms with van der Waals surface area (Å²) in [6.45, 7) is 0. The quantitative estimate of drug-likeness (QED) is 0.479. The second-order valence-electron chi connectivity index (χ2n) is 6.11. The van der Waals surface area contributed by atoms with Crippen molar-refractivity contribution in [2.24, 2.45) is 5.92 Å². The summed E-state index contributed by atoms with van der Waals surface area (Å²) in [5.41, 5.74) is 1.86. The monoisotopic (exact) mass is 336 g/mol. The van der Waals surface area contributed by atoms with Crippen LogP contribution in [-0.4, -0.2) is 27.8 Å². The van der Waals surface area contributed by atoms with Crippen LogP contribution in [0.4, 0.5) is 0 Å². The Hall–Kier alpha value is -1.62. The molecule has 0 aromatic heterocycles. The van der Waals surface area contributed by atoms with Gasteiger partial charge in [0.2, 0.25) is 0 Å². The molecule has 1 aromatic carbocycles. The van der Waals surface area contributed by atoms with Crippen LogP contribution in [0.1, 0.15) is 44.1 Å². The van der Waals surface area contributed by atoms with Crippen molar-refractivity contribution in [3.05, 3.63) is 35.9 Å².